The second kappa shape index (κ2) is 7.92. The Labute approximate surface area is 169 Å². The number of methoxy groups -OCH3 is 1. The number of nitrogens with zero attached hydrogens (tertiary/aromatic N) is 2. The Morgan fingerprint density at radius 1 is 1.07 bits per heavy atom. The van der Waals surface area contributed by atoms with Crippen molar-refractivity contribution in [2.24, 2.45) is 0 Å². The third kappa shape index (κ3) is 3.88. The SMILES string of the molecule is COc1ccc(Cl)cc1-n1c(C)cc(/C=C(/C#N)c2cccc(Cl)c2)c1C. The highest BCUT2D eigenvalue weighted by molar-refractivity contribution is 6.31. The highest BCUT2D eigenvalue weighted by Gasteiger charge is 2.14. The Hall–Kier alpha value is -2.67. The van der Waals surface area contributed by atoms with Gasteiger partial charge in [0.1, 0.15) is 5.75 Å². The summed E-state index contributed by atoms with van der Waals surface area (Å²) in [6, 6.07) is 17.1. The molecule has 0 spiro atoms. The van der Waals surface area contributed by atoms with E-state index in [1.165, 1.54) is 0 Å². The van der Waals surface area contributed by atoms with Gasteiger partial charge in [0.2, 0.25) is 0 Å². The van der Waals surface area contributed by atoms with Crippen molar-refractivity contribution in [2.45, 2.75) is 13.8 Å². The van der Waals surface area contributed by atoms with Crippen LogP contribution >= 0.6 is 23.2 Å². The molecule has 0 saturated heterocycles. The first-order chi connectivity index (χ1) is 12.9. The summed E-state index contributed by atoms with van der Waals surface area (Å²) in [5, 5.41) is 10.9. The zero-order chi connectivity index (χ0) is 19.6. The van der Waals surface area contributed by atoms with Crippen LogP contribution in [-0.4, -0.2) is 11.7 Å². The van der Waals surface area contributed by atoms with Gasteiger partial charge in [-0.25, -0.2) is 0 Å². The lowest BCUT2D eigenvalue weighted by Crippen LogP contribution is -2.02. The van der Waals surface area contributed by atoms with E-state index < -0.39 is 0 Å². The van der Waals surface area contributed by atoms with Crippen LogP contribution in [0.5, 0.6) is 5.75 Å². The zero-order valence-corrected chi connectivity index (χ0v) is 16.8. The number of hydrogen-bond acceptors (Lipinski definition) is 2. The van der Waals surface area contributed by atoms with Crippen molar-refractivity contribution in [2.75, 3.05) is 7.11 Å². The van der Waals surface area contributed by atoms with Crippen molar-refractivity contribution in [1.82, 2.24) is 4.57 Å². The van der Waals surface area contributed by atoms with Crippen molar-refractivity contribution in [3.8, 4) is 17.5 Å². The van der Waals surface area contributed by atoms with Crippen molar-refractivity contribution in [3.05, 3.63) is 81.1 Å². The van der Waals surface area contributed by atoms with Crippen molar-refractivity contribution in [1.29, 1.82) is 5.26 Å². The third-order valence-electron chi connectivity index (χ3n) is 4.41. The number of halogens is 2. The number of hydrogen-bond donors (Lipinski definition) is 0. The van der Waals surface area contributed by atoms with E-state index in [0.29, 0.717) is 15.6 Å². The molecular formula is C22H18Cl2N2O. The van der Waals surface area contributed by atoms with E-state index in [1.807, 2.05) is 50.3 Å². The van der Waals surface area contributed by atoms with E-state index in [0.717, 1.165) is 34.0 Å². The Morgan fingerprint density at radius 2 is 1.81 bits per heavy atom. The number of benzene rings is 2. The fourth-order valence-electron chi connectivity index (χ4n) is 3.13. The monoisotopic (exact) mass is 396 g/mol. The van der Waals surface area contributed by atoms with Crippen LogP contribution in [0.2, 0.25) is 10.0 Å². The third-order valence-corrected chi connectivity index (χ3v) is 4.88. The second-order valence-corrected chi connectivity index (χ2v) is 7.03. The Morgan fingerprint density at radius 3 is 2.48 bits per heavy atom. The van der Waals surface area contributed by atoms with Crippen LogP contribution in [0.3, 0.4) is 0 Å². The molecule has 0 aliphatic heterocycles. The Kier molecular flexibility index (Phi) is 5.60. The molecule has 0 amide bonds. The van der Waals surface area contributed by atoms with Gasteiger partial charge >= 0.3 is 0 Å². The van der Waals surface area contributed by atoms with Crippen LogP contribution in [0.25, 0.3) is 17.3 Å². The first kappa shape index (κ1) is 19.1. The maximum absolute atomic E-state index is 9.63. The quantitative estimate of drug-likeness (QED) is 0.473. The fraction of sp³-hybridized carbons (Fsp3) is 0.136. The van der Waals surface area contributed by atoms with Gasteiger partial charge in [-0.2, -0.15) is 5.26 Å². The smallest absolute Gasteiger partial charge is 0.142 e. The first-order valence-corrected chi connectivity index (χ1v) is 9.10. The molecule has 0 unspecified atom stereocenters. The molecule has 1 aromatic heterocycles. The van der Waals surface area contributed by atoms with Gasteiger partial charge in [0, 0.05) is 21.4 Å². The maximum atomic E-state index is 9.63. The topological polar surface area (TPSA) is 38.0 Å². The van der Waals surface area contributed by atoms with Gasteiger partial charge in [-0.3, -0.25) is 0 Å². The Balaban J connectivity index is 2.14. The molecule has 3 aromatic rings. The fourth-order valence-corrected chi connectivity index (χ4v) is 3.49. The number of aryl methyl sites for hydroxylation is 1. The second-order valence-electron chi connectivity index (χ2n) is 6.16. The molecule has 0 radical (unpaired) electrons. The van der Waals surface area contributed by atoms with Crippen molar-refractivity contribution >= 4 is 34.9 Å². The molecule has 0 aliphatic rings. The molecular weight excluding hydrogens is 379 g/mol. The average molecular weight is 397 g/mol. The first-order valence-electron chi connectivity index (χ1n) is 8.35. The largest absolute Gasteiger partial charge is 0.495 e. The van der Waals surface area contributed by atoms with Crippen LogP contribution in [-0.2, 0) is 0 Å². The molecule has 2 aromatic carbocycles. The number of allylic oxidation sites excluding steroid dienone is 1. The average Bonchev–Trinajstić information content (AvgIpc) is 2.92. The van der Waals surface area contributed by atoms with E-state index in [4.69, 9.17) is 27.9 Å². The molecule has 136 valence electrons. The van der Waals surface area contributed by atoms with Crippen LogP contribution in [0.1, 0.15) is 22.5 Å². The van der Waals surface area contributed by atoms with Gasteiger partial charge in [-0.05, 0) is 67.4 Å². The summed E-state index contributed by atoms with van der Waals surface area (Å²) in [5.41, 5.74) is 5.16. The van der Waals surface area contributed by atoms with Gasteiger partial charge in [0.25, 0.3) is 0 Å². The molecule has 0 fully saturated rings. The molecule has 0 atom stereocenters. The standard InChI is InChI=1S/C22H18Cl2N2O/c1-14-9-17(10-18(13-25)16-5-4-6-19(23)11-16)15(2)26(14)21-12-20(24)7-8-22(21)27-3/h4-12H,1-3H3/b18-10-. The van der Waals surface area contributed by atoms with Crippen LogP contribution in [0.15, 0.2) is 48.5 Å². The van der Waals surface area contributed by atoms with E-state index in [9.17, 15) is 5.26 Å². The van der Waals surface area contributed by atoms with E-state index >= 15 is 0 Å². The van der Waals surface area contributed by atoms with E-state index in [1.54, 1.807) is 25.3 Å². The van der Waals surface area contributed by atoms with Crippen LogP contribution < -0.4 is 4.74 Å². The summed E-state index contributed by atoms with van der Waals surface area (Å²) in [7, 11) is 1.63. The molecule has 27 heavy (non-hydrogen) atoms. The molecule has 0 N–H and O–H groups in total. The molecule has 1 heterocycles. The van der Waals surface area contributed by atoms with Crippen molar-refractivity contribution in [3.63, 3.8) is 0 Å². The highest BCUT2D eigenvalue weighted by atomic mass is 35.5. The highest BCUT2D eigenvalue weighted by Crippen LogP contribution is 2.32. The minimum atomic E-state index is 0.552. The maximum Gasteiger partial charge on any atom is 0.142 e. The lowest BCUT2D eigenvalue weighted by molar-refractivity contribution is 0.412. The number of rotatable bonds is 4. The number of ether oxygens (including phenoxy) is 1. The van der Waals surface area contributed by atoms with Crippen LogP contribution in [0, 0.1) is 25.2 Å². The molecule has 5 heteroatoms. The number of nitriles is 1. The molecule has 0 aliphatic carbocycles. The Bertz CT molecular complexity index is 1070. The molecule has 3 rings (SSSR count). The summed E-state index contributed by atoms with van der Waals surface area (Å²) in [6.45, 7) is 4.02. The lowest BCUT2D eigenvalue weighted by Gasteiger charge is -2.14. The lowest BCUT2D eigenvalue weighted by atomic mass is 10.0. The summed E-state index contributed by atoms with van der Waals surface area (Å²) in [4.78, 5) is 0. The minimum absolute atomic E-state index is 0.552. The van der Waals surface area contributed by atoms with Gasteiger partial charge in [0.15, 0.2) is 0 Å². The summed E-state index contributed by atoms with van der Waals surface area (Å²) in [5.74, 6) is 0.729. The summed E-state index contributed by atoms with van der Waals surface area (Å²) < 4.78 is 7.57. The van der Waals surface area contributed by atoms with Gasteiger partial charge in [0.05, 0.1) is 24.4 Å². The molecule has 0 bridgehead atoms. The van der Waals surface area contributed by atoms with E-state index in [2.05, 4.69) is 10.6 Å². The minimum Gasteiger partial charge on any atom is -0.495 e. The van der Waals surface area contributed by atoms with Gasteiger partial charge < -0.3 is 9.30 Å². The van der Waals surface area contributed by atoms with Crippen LogP contribution in [0.4, 0.5) is 0 Å². The zero-order valence-electron chi connectivity index (χ0n) is 15.3. The normalized spacial score (nSPS) is 11.3. The molecule has 3 nitrogen and oxygen atoms in total. The van der Waals surface area contributed by atoms with E-state index in [-0.39, 0.29) is 0 Å². The summed E-state index contributed by atoms with van der Waals surface area (Å²) in [6.07, 6.45) is 1.88. The predicted octanol–water partition coefficient (Wildman–Crippen LogP) is 6.47. The number of aromatic nitrogens is 1. The predicted molar refractivity (Wildman–Crippen MR) is 112 cm³/mol. The van der Waals surface area contributed by atoms with Crippen molar-refractivity contribution < 1.29 is 4.74 Å². The molecule has 0 saturated carbocycles. The summed E-state index contributed by atoms with van der Waals surface area (Å²) >= 11 is 12.3. The van der Waals surface area contributed by atoms with Gasteiger partial charge in [-0.1, -0.05) is 35.3 Å². The van der Waals surface area contributed by atoms with Gasteiger partial charge in [-0.15, -0.1) is 0 Å².